The lowest BCUT2D eigenvalue weighted by Crippen LogP contribution is -2.45. The summed E-state index contributed by atoms with van der Waals surface area (Å²) >= 11 is 1.70. The van der Waals surface area contributed by atoms with Gasteiger partial charge in [0.1, 0.15) is 5.01 Å². The minimum atomic E-state index is 0.127. The largest absolute Gasteiger partial charge is 0.378 e. The molecule has 1 fully saturated rings. The zero-order valence-corrected chi connectivity index (χ0v) is 13.8. The maximum Gasteiger partial charge on any atom is 0.236 e. The van der Waals surface area contributed by atoms with Gasteiger partial charge in [-0.2, -0.15) is 0 Å². The number of rotatable bonds is 4. The van der Waals surface area contributed by atoms with E-state index in [0.717, 1.165) is 10.5 Å². The fourth-order valence-electron chi connectivity index (χ4n) is 2.52. The monoisotopic (exact) mass is 319 g/mol. The molecule has 3 rings (SSSR count). The molecular weight excluding hydrogens is 298 g/mol. The van der Waals surface area contributed by atoms with Crippen LogP contribution in [0, 0.1) is 0 Å². The summed E-state index contributed by atoms with van der Waals surface area (Å²) in [5.41, 5.74) is 1.03. The van der Waals surface area contributed by atoms with Gasteiger partial charge in [-0.15, -0.1) is 11.3 Å². The van der Waals surface area contributed by atoms with Gasteiger partial charge in [0.05, 0.1) is 36.0 Å². The Balaban J connectivity index is 1.65. The lowest BCUT2D eigenvalue weighted by atomic mass is 10.3. The summed E-state index contributed by atoms with van der Waals surface area (Å²) in [5.74, 6) is 0.166. The highest BCUT2D eigenvalue weighted by atomic mass is 32.1. The third kappa shape index (κ3) is 3.29. The molecule has 2 aromatic rings. The number of para-hydroxylation sites is 1. The van der Waals surface area contributed by atoms with Gasteiger partial charge in [0.2, 0.25) is 5.91 Å². The first-order valence-electron chi connectivity index (χ1n) is 7.56. The van der Waals surface area contributed by atoms with Crippen LogP contribution in [0.15, 0.2) is 24.3 Å². The molecule has 118 valence electrons. The Morgan fingerprint density at radius 2 is 2.14 bits per heavy atom. The fourth-order valence-corrected chi connectivity index (χ4v) is 3.60. The molecule has 1 amide bonds. The Hall–Kier alpha value is -1.50. The molecule has 1 aromatic heterocycles. The van der Waals surface area contributed by atoms with Crippen LogP contribution in [0.1, 0.15) is 18.0 Å². The normalized spacial score (nSPS) is 17.1. The van der Waals surface area contributed by atoms with Crippen molar-refractivity contribution in [2.75, 3.05) is 39.9 Å². The number of benzene rings is 1. The number of nitrogens with zero attached hydrogens (tertiary/aromatic N) is 3. The van der Waals surface area contributed by atoms with E-state index >= 15 is 0 Å². The van der Waals surface area contributed by atoms with Gasteiger partial charge >= 0.3 is 0 Å². The number of ether oxygens (including phenoxy) is 1. The Morgan fingerprint density at radius 3 is 2.86 bits per heavy atom. The molecule has 0 unspecified atom stereocenters. The molecule has 5 nitrogen and oxygen atoms in total. The Kier molecular flexibility index (Phi) is 4.71. The van der Waals surface area contributed by atoms with Gasteiger partial charge in [0.25, 0.3) is 0 Å². The van der Waals surface area contributed by atoms with Gasteiger partial charge < -0.3 is 9.64 Å². The van der Waals surface area contributed by atoms with Crippen molar-refractivity contribution >= 4 is 27.5 Å². The Labute approximate surface area is 134 Å². The van der Waals surface area contributed by atoms with Crippen LogP contribution < -0.4 is 0 Å². The molecule has 0 spiro atoms. The van der Waals surface area contributed by atoms with Crippen LogP contribution in [-0.2, 0) is 9.53 Å². The number of thiazole rings is 1. The summed E-state index contributed by atoms with van der Waals surface area (Å²) < 4.78 is 6.48. The number of fused-ring (bicyclic) bond motifs is 1. The van der Waals surface area contributed by atoms with Crippen molar-refractivity contribution in [3.8, 4) is 0 Å². The number of carbonyl (C=O) groups excluding carboxylic acids is 1. The second kappa shape index (κ2) is 6.73. The van der Waals surface area contributed by atoms with Crippen molar-refractivity contribution in [3.05, 3.63) is 29.3 Å². The van der Waals surface area contributed by atoms with Crippen molar-refractivity contribution in [2.24, 2.45) is 0 Å². The molecule has 1 aliphatic heterocycles. The van der Waals surface area contributed by atoms with E-state index in [2.05, 4.69) is 22.9 Å². The molecule has 0 saturated carbocycles. The second-order valence-corrected chi connectivity index (χ2v) is 6.67. The maximum atomic E-state index is 12.3. The molecule has 22 heavy (non-hydrogen) atoms. The van der Waals surface area contributed by atoms with E-state index < -0.39 is 0 Å². The predicted molar refractivity (Wildman–Crippen MR) is 88.1 cm³/mol. The zero-order chi connectivity index (χ0) is 15.5. The Bertz CT molecular complexity index is 619. The highest BCUT2D eigenvalue weighted by molar-refractivity contribution is 7.18. The summed E-state index contributed by atoms with van der Waals surface area (Å²) in [6, 6.07) is 8.27. The number of amides is 1. The predicted octanol–water partition coefficient (Wildman–Crippen LogP) is 2.15. The van der Waals surface area contributed by atoms with Crippen molar-refractivity contribution in [1.82, 2.24) is 14.8 Å². The highest BCUT2D eigenvalue weighted by Gasteiger charge is 2.22. The van der Waals surface area contributed by atoms with E-state index in [1.165, 1.54) is 4.70 Å². The van der Waals surface area contributed by atoms with Crippen LogP contribution in [0.2, 0.25) is 0 Å². The van der Waals surface area contributed by atoms with E-state index in [1.54, 1.807) is 11.3 Å². The molecule has 1 aliphatic rings. The van der Waals surface area contributed by atoms with E-state index in [1.807, 2.05) is 30.1 Å². The summed E-state index contributed by atoms with van der Waals surface area (Å²) in [4.78, 5) is 21.0. The van der Waals surface area contributed by atoms with Crippen LogP contribution in [0.5, 0.6) is 0 Å². The van der Waals surface area contributed by atoms with Gasteiger partial charge in [0, 0.05) is 13.1 Å². The van der Waals surface area contributed by atoms with Gasteiger partial charge in [-0.05, 0) is 26.1 Å². The molecule has 6 heteroatoms. The molecule has 1 aromatic carbocycles. The number of hydrogen-bond acceptors (Lipinski definition) is 5. The average molecular weight is 319 g/mol. The van der Waals surface area contributed by atoms with E-state index in [9.17, 15) is 4.79 Å². The standard InChI is InChI=1S/C16H21N3O2S/c1-12(16-17-13-5-3-4-6-14(13)22-16)18(2)11-15(20)19-7-9-21-10-8-19/h3-6,12H,7-11H2,1-2H3/t12-/m0/s1. The fraction of sp³-hybridized carbons (Fsp3) is 0.500. The molecule has 0 radical (unpaired) electrons. The molecule has 0 aliphatic carbocycles. The number of hydrogen-bond donors (Lipinski definition) is 0. The summed E-state index contributed by atoms with van der Waals surface area (Å²) in [5, 5.41) is 1.05. The molecule has 0 bridgehead atoms. The van der Waals surface area contributed by atoms with Crippen LogP contribution >= 0.6 is 11.3 Å². The van der Waals surface area contributed by atoms with E-state index in [0.29, 0.717) is 32.8 Å². The number of aromatic nitrogens is 1. The number of carbonyl (C=O) groups is 1. The number of morpholine rings is 1. The topological polar surface area (TPSA) is 45.7 Å². The van der Waals surface area contributed by atoms with Crippen LogP contribution in [0.3, 0.4) is 0 Å². The minimum absolute atomic E-state index is 0.127. The Morgan fingerprint density at radius 1 is 1.41 bits per heavy atom. The van der Waals surface area contributed by atoms with Crippen LogP contribution in [-0.4, -0.2) is 60.6 Å². The van der Waals surface area contributed by atoms with Crippen molar-refractivity contribution in [3.63, 3.8) is 0 Å². The van der Waals surface area contributed by atoms with Gasteiger partial charge in [-0.1, -0.05) is 12.1 Å². The van der Waals surface area contributed by atoms with Crippen molar-refractivity contribution in [2.45, 2.75) is 13.0 Å². The lowest BCUT2D eigenvalue weighted by molar-refractivity contribution is -0.136. The second-order valence-electron chi connectivity index (χ2n) is 5.60. The molecule has 1 atom stereocenters. The summed E-state index contributed by atoms with van der Waals surface area (Å²) in [6.07, 6.45) is 0. The molecule has 0 N–H and O–H groups in total. The van der Waals surface area contributed by atoms with Crippen molar-refractivity contribution < 1.29 is 9.53 Å². The third-order valence-corrected chi connectivity index (χ3v) is 5.28. The smallest absolute Gasteiger partial charge is 0.236 e. The van der Waals surface area contributed by atoms with E-state index in [-0.39, 0.29) is 11.9 Å². The van der Waals surface area contributed by atoms with Crippen LogP contribution in [0.25, 0.3) is 10.2 Å². The maximum absolute atomic E-state index is 12.3. The van der Waals surface area contributed by atoms with Crippen molar-refractivity contribution in [1.29, 1.82) is 0 Å². The third-order valence-electron chi connectivity index (χ3n) is 4.08. The van der Waals surface area contributed by atoms with E-state index in [4.69, 9.17) is 4.74 Å². The average Bonchev–Trinajstić information content (AvgIpc) is 2.98. The quantitative estimate of drug-likeness (QED) is 0.866. The summed E-state index contributed by atoms with van der Waals surface area (Å²) in [7, 11) is 1.98. The SMILES string of the molecule is C[C@@H](c1nc2ccccc2s1)N(C)CC(=O)N1CCOCC1. The minimum Gasteiger partial charge on any atom is -0.378 e. The van der Waals surface area contributed by atoms with Gasteiger partial charge in [-0.3, -0.25) is 9.69 Å². The first kappa shape index (κ1) is 15.4. The van der Waals surface area contributed by atoms with Crippen LogP contribution in [0.4, 0.5) is 0 Å². The molecular formula is C16H21N3O2S. The molecule has 1 saturated heterocycles. The lowest BCUT2D eigenvalue weighted by Gasteiger charge is -2.30. The zero-order valence-electron chi connectivity index (χ0n) is 13.0. The highest BCUT2D eigenvalue weighted by Crippen LogP contribution is 2.28. The molecule has 2 heterocycles. The first-order valence-corrected chi connectivity index (χ1v) is 8.38. The first-order chi connectivity index (χ1) is 10.6. The summed E-state index contributed by atoms with van der Waals surface area (Å²) in [6.45, 7) is 5.19. The number of likely N-dealkylation sites (N-methyl/N-ethyl adjacent to an activating group) is 1. The van der Waals surface area contributed by atoms with Gasteiger partial charge in [0.15, 0.2) is 0 Å². The van der Waals surface area contributed by atoms with Gasteiger partial charge in [-0.25, -0.2) is 4.98 Å².